The summed E-state index contributed by atoms with van der Waals surface area (Å²) < 4.78 is 0. The molecule has 0 bridgehead atoms. The van der Waals surface area contributed by atoms with Crippen molar-refractivity contribution in [3.8, 4) is 0 Å². The predicted octanol–water partition coefficient (Wildman–Crippen LogP) is 0.776. The van der Waals surface area contributed by atoms with Crippen molar-refractivity contribution in [3.63, 3.8) is 0 Å². The standard InChI is InChI=1S/C5H12O.CH4O/c1-3-5(6)4-2;1-2/h5-6H,3-4H2,1-2H3;2H,1H3. The molecule has 0 radical (unpaired) electrons. The first kappa shape index (κ1) is 10.8. The van der Waals surface area contributed by atoms with E-state index in [0.717, 1.165) is 20.0 Å². The first-order valence-corrected chi connectivity index (χ1v) is 2.94. The normalized spacial score (nSPS) is 8.25. The second-order valence-electron chi connectivity index (χ2n) is 1.47. The van der Waals surface area contributed by atoms with E-state index in [9.17, 15) is 0 Å². The molecular formula is C6H16O2. The summed E-state index contributed by atoms with van der Waals surface area (Å²) in [6.45, 7) is 3.96. The van der Waals surface area contributed by atoms with Gasteiger partial charge in [-0.3, -0.25) is 0 Å². The molecule has 0 atom stereocenters. The van der Waals surface area contributed by atoms with Crippen molar-refractivity contribution in [2.24, 2.45) is 0 Å². The predicted molar refractivity (Wildman–Crippen MR) is 34.7 cm³/mol. The van der Waals surface area contributed by atoms with Gasteiger partial charge >= 0.3 is 0 Å². The van der Waals surface area contributed by atoms with E-state index in [1.165, 1.54) is 0 Å². The maximum absolute atomic E-state index is 8.67. The van der Waals surface area contributed by atoms with Gasteiger partial charge in [-0.25, -0.2) is 0 Å². The monoisotopic (exact) mass is 120 g/mol. The Kier molecular flexibility index (Phi) is 13.6. The third-order valence-corrected chi connectivity index (χ3v) is 0.942. The van der Waals surface area contributed by atoms with Gasteiger partial charge in [-0.15, -0.1) is 0 Å². The molecule has 0 aliphatic rings. The zero-order chi connectivity index (χ0) is 6.99. The molecule has 2 heteroatoms. The maximum atomic E-state index is 8.67. The molecule has 0 aromatic rings. The van der Waals surface area contributed by atoms with Gasteiger partial charge in [-0.2, -0.15) is 0 Å². The highest BCUT2D eigenvalue weighted by atomic mass is 16.3. The van der Waals surface area contributed by atoms with E-state index in [1.807, 2.05) is 13.8 Å². The molecule has 0 saturated heterocycles. The number of aliphatic hydroxyl groups excluding tert-OH is 2. The molecule has 0 aromatic carbocycles. The fourth-order valence-corrected chi connectivity index (χ4v) is 0.289. The molecule has 8 heavy (non-hydrogen) atoms. The highest BCUT2D eigenvalue weighted by Gasteiger charge is 1.90. The zero-order valence-corrected chi connectivity index (χ0v) is 5.89. The average Bonchev–Trinajstić information content (AvgIpc) is 1.91. The summed E-state index contributed by atoms with van der Waals surface area (Å²) in [5, 5.41) is 15.7. The molecule has 0 aromatic heterocycles. The molecule has 0 fully saturated rings. The van der Waals surface area contributed by atoms with Gasteiger partial charge in [-0.05, 0) is 12.8 Å². The Hall–Kier alpha value is -0.0800. The lowest BCUT2D eigenvalue weighted by Crippen LogP contribution is -1.99. The van der Waals surface area contributed by atoms with Crippen LogP contribution in [0.15, 0.2) is 0 Å². The summed E-state index contributed by atoms with van der Waals surface area (Å²) in [6.07, 6.45) is 1.71. The fourth-order valence-electron chi connectivity index (χ4n) is 0.289. The number of aliphatic hydroxyl groups is 2. The first-order chi connectivity index (χ1) is 3.81. The summed E-state index contributed by atoms with van der Waals surface area (Å²) in [7, 11) is 1.00. The van der Waals surface area contributed by atoms with Gasteiger partial charge in [0.1, 0.15) is 0 Å². The minimum Gasteiger partial charge on any atom is -0.400 e. The quantitative estimate of drug-likeness (QED) is 0.565. The molecule has 0 unspecified atom stereocenters. The molecule has 2 N–H and O–H groups in total. The Morgan fingerprint density at radius 1 is 1.12 bits per heavy atom. The summed E-state index contributed by atoms with van der Waals surface area (Å²) in [5.74, 6) is 0. The third kappa shape index (κ3) is 9.33. The summed E-state index contributed by atoms with van der Waals surface area (Å²) in [6, 6.07) is 0. The van der Waals surface area contributed by atoms with E-state index < -0.39 is 0 Å². The van der Waals surface area contributed by atoms with Crippen LogP contribution in [0.5, 0.6) is 0 Å². The van der Waals surface area contributed by atoms with Crippen molar-refractivity contribution >= 4 is 0 Å². The summed E-state index contributed by atoms with van der Waals surface area (Å²) in [5.41, 5.74) is 0. The van der Waals surface area contributed by atoms with Gasteiger partial charge in [0.15, 0.2) is 0 Å². The van der Waals surface area contributed by atoms with Crippen molar-refractivity contribution in [2.45, 2.75) is 32.8 Å². The Bertz CT molecular complexity index is 25.7. The van der Waals surface area contributed by atoms with E-state index in [4.69, 9.17) is 10.2 Å². The SMILES string of the molecule is CCC(O)CC.CO. The van der Waals surface area contributed by atoms with E-state index in [1.54, 1.807) is 0 Å². The Balaban J connectivity index is 0. The zero-order valence-electron chi connectivity index (χ0n) is 5.89. The molecule has 2 nitrogen and oxygen atoms in total. The lowest BCUT2D eigenvalue weighted by molar-refractivity contribution is 0.166. The fraction of sp³-hybridized carbons (Fsp3) is 1.00. The van der Waals surface area contributed by atoms with Crippen molar-refractivity contribution in [2.75, 3.05) is 7.11 Å². The number of hydrogen-bond acceptors (Lipinski definition) is 2. The molecule has 0 aliphatic carbocycles. The Morgan fingerprint density at radius 3 is 1.38 bits per heavy atom. The number of hydrogen-bond donors (Lipinski definition) is 2. The van der Waals surface area contributed by atoms with Crippen LogP contribution in [0.25, 0.3) is 0 Å². The van der Waals surface area contributed by atoms with Crippen LogP contribution in [0, 0.1) is 0 Å². The lowest BCUT2D eigenvalue weighted by Gasteiger charge is -1.98. The van der Waals surface area contributed by atoms with Crippen LogP contribution in [0.1, 0.15) is 26.7 Å². The van der Waals surface area contributed by atoms with Crippen LogP contribution in [-0.4, -0.2) is 23.4 Å². The maximum Gasteiger partial charge on any atom is 0.0535 e. The number of rotatable bonds is 2. The second kappa shape index (κ2) is 10.0. The average molecular weight is 120 g/mol. The highest BCUT2D eigenvalue weighted by molar-refractivity contribution is 4.43. The van der Waals surface area contributed by atoms with E-state index in [2.05, 4.69) is 0 Å². The van der Waals surface area contributed by atoms with Crippen LogP contribution < -0.4 is 0 Å². The van der Waals surface area contributed by atoms with Crippen molar-refractivity contribution in [1.82, 2.24) is 0 Å². The van der Waals surface area contributed by atoms with Crippen LogP contribution in [0.4, 0.5) is 0 Å². The molecule has 0 rings (SSSR count). The molecule has 0 amide bonds. The second-order valence-corrected chi connectivity index (χ2v) is 1.47. The lowest BCUT2D eigenvalue weighted by atomic mass is 10.2. The van der Waals surface area contributed by atoms with E-state index in [-0.39, 0.29) is 6.10 Å². The van der Waals surface area contributed by atoms with Crippen LogP contribution >= 0.6 is 0 Å². The Morgan fingerprint density at radius 2 is 1.38 bits per heavy atom. The van der Waals surface area contributed by atoms with Gasteiger partial charge < -0.3 is 10.2 Å². The topological polar surface area (TPSA) is 40.5 Å². The minimum absolute atomic E-state index is 0.0648. The molecule has 0 spiro atoms. The molecule has 0 aliphatic heterocycles. The molecule has 0 heterocycles. The van der Waals surface area contributed by atoms with Crippen molar-refractivity contribution in [1.29, 1.82) is 0 Å². The van der Waals surface area contributed by atoms with Crippen molar-refractivity contribution in [3.05, 3.63) is 0 Å². The minimum atomic E-state index is -0.0648. The van der Waals surface area contributed by atoms with E-state index in [0.29, 0.717) is 0 Å². The summed E-state index contributed by atoms with van der Waals surface area (Å²) in [4.78, 5) is 0. The third-order valence-electron chi connectivity index (χ3n) is 0.942. The molecular weight excluding hydrogens is 104 g/mol. The van der Waals surface area contributed by atoms with Gasteiger partial charge in [0, 0.05) is 7.11 Å². The molecule has 0 saturated carbocycles. The van der Waals surface area contributed by atoms with Gasteiger partial charge in [-0.1, -0.05) is 13.8 Å². The van der Waals surface area contributed by atoms with Gasteiger partial charge in [0.05, 0.1) is 6.10 Å². The first-order valence-electron chi connectivity index (χ1n) is 2.94. The van der Waals surface area contributed by atoms with Crippen LogP contribution in [-0.2, 0) is 0 Å². The highest BCUT2D eigenvalue weighted by Crippen LogP contribution is 1.91. The van der Waals surface area contributed by atoms with Gasteiger partial charge in [0.25, 0.3) is 0 Å². The van der Waals surface area contributed by atoms with Crippen molar-refractivity contribution < 1.29 is 10.2 Å². The van der Waals surface area contributed by atoms with E-state index >= 15 is 0 Å². The molecule has 52 valence electrons. The van der Waals surface area contributed by atoms with Gasteiger partial charge in [0.2, 0.25) is 0 Å². The smallest absolute Gasteiger partial charge is 0.0535 e. The largest absolute Gasteiger partial charge is 0.400 e. The van der Waals surface area contributed by atoms with Crippen LogP contribution in [0.2, 0.25) is 0 Å². The summed E-state index contributed by atoms with van der Waals surface area (Å²) >= 11 is 0. The Labute approximate surface area is 51.2 Å². The van der Waals surface area contributed by atoms with Crippen LogP contribution in [0.3, 0.4) is 0 Å².